The molecule has 0 radical (unpaired) electrons. The van der Waals surface area contributed by atoms with Crippen molar-refractivity contribution in [1.29, 1.82) is 0 Å². The molecule has 0 aliphatic rings. The van der Waals surface area contributed by atoms with Crippen LogP contribution >= 0.6 is 0 Å². The van der Waals surface area contributed by atoms with E-state index in [-0.39, 0.29) is 23.7 Å². The van der Waals surface area contributed by atoms with Gasteiger partial charge in [-0.25, -0.2) is 0 Å². The lowest BCUT2D eigenvalue weighted by Crippen LogP contribution is -2.60. The van der Waals surface area contributed by atoms with Crippen molar-refractivity contribution < 1.29 is 19.1 Å². The molecule has 7 heteroatoms. The molecule has 184 valence electrons. The summed E-state index contributed by atoms with van der Waals surface area (Å²) in [7, 11) is 3.16. The second-order valence-corrected chi connectivity index (χ2v) is 9.58. The van der Waals surface area contributed by atoms with Crippen molar-refractivity contribution in [2.24, 2.45) is 11.7 Å². The van der Waals surface area contributed by atoms with E-state index in [9.17, 15) is 14.4 Å². The molecule has 0 fully saturated rings. The number of benzene rings is 1. The summed E-state index contributed by atoms with van der Waals surface area (Å²) in [4.78, 5) is 40.0. The zero-order valence-corrected chi connectivity index (χ0v) is 21.5. The average Bonchev–Trinajstić information content (AvgIpc) is 2.78. The fraction of sp³-hybridized carbons (Fsp3) is 0.577. The fourth-order valence-electron chi connectivity index (χ4n) is 3.63. The molecule has 0 aliphatic heterocycles. The molecule has 0 aliphatic carbocycles. The number of methoxy groups -OCH3 is 1. The van der Waals surface area contributed by atoms with Gasteiger partial charge < -0.3 is 20.7 Å². The smallest absolute Gasteiger partial charge is 0.248 e. The van der Waals surface area contributed by atoms with E-state index in [2.05, 4.69) is 5.32 Å². The molecule has 4 atom stereocenters. The molecule has 33 heavy (non-hydrogen) atoms. The molecule has 0 aromatic heterocycles. The maximum absolute atomic E-state index is 13.5. The van der Waals surface area contributed by atoms with E-state index in [4.69, 9.17) is 10.5 Å². The molecule has 0 saturated heterocycles. The average molecular weight is 460 g/mol. The topological polar surface area (TPSA) is 102 Å². The van der Waals surface area contributed by atoms with E-state index in [1.807, 2.05) is 58.0 Å². The summed E-state index contributed by atoms with van der Waals surface area (Å²) in [5.41, 5.74) is 7.24. The molecular formula is C26H41N3O4. The van der Waals surface area contributed by atoms with Crippen LogP contribution in [0.2, 0.25) is 0 Å². The van der Waals surface area contributed by atoms with E-state index in [1.165, 1.54) is 14.0 Å². The van der Waals surface area contributed by atoms with Gasteiger partial charge in [-0.15, -0.1) is 0 Å². The van der Waals surface area contributed by atoms with Crippen LogP contribution in [0.4, 0.5) is 0 Å². The summed E-state index contributed by atoms with van der Waals surface area (Å²) in [6.07, 6.45) is 1.22. The van der Waals surface area contributed by atoms with Gasteiger partial charge in [-0.3, -0.25) is 14.4 Å². The highest BCUT2D eigenvalue weighted by molar-refractivity contribution is 5.93. The first-order chi connectivity index (χ1) is 15.2. The van der Waals surface area contributed by atoms with Crippen LogP contribution in [0.5, 0.6) is 0 Å². The first-order valence-electron chi connectivity index (χ1n) is 11.4. The third-order valence-corrected chi connectivity index (χ3v) is 6.44. The van der Waals surface area contributed by atoms with Crippen molar-refractivity contribution >= 4 is 17.6 Å². The van der Waals surface area contributed by atoms with E-state index >= 15 is 0 Å². The highest BCUT2D eigenvalue weighted by Crippen LogP contribution is 2.26. The number of hydrogen-bond donors (Lipinski definition) is 2. The molecule has 2 amide bonds. The minimum atomic E-state index is -0.933. The molecule has 1 aromatic rings. The number of likely N-dealkylation sites (N-methyl/N-ethyl adjacent to an activating group) is 1. The van der Waals surface area contributed by atoms with Gasteiger partial charge in [0.1, 0.15) is 6.04 Å². The summed E-state index contributed by atoms with van der Waals surface area (Å²) in [6.45, 7) is 12.7. The lowest BCUT2D eigenvalue weighted by molar-refractivity contribution is -0.141. The maximum atomic E-state index is 13.5. The van der Waals surface area contributed by atoms with Crippen LogP contribution in [-0.4, -0.2) is 60.9 Å². The van der Waals surface area contributed by atoms with E-state index in [1.54, 1.807) is 31.9 Å². The first-order valence-corrected chi connectivity index (χ1v) is 11.4. The van der Waals surface area contributed by atoms with Crippen molar-refractivity contribution in [3.63, 3.8) is 0 Å². The Morgan fingerprint density at radius 1 is 1.09 bits per heavy atom. The number of nitrogens with two attached hydrogens (primary N) is 1. The van der Waals surface area contributed by atoms with Crippen molar-refractivity contribution in [3.8, 4) is 0 Å². The van der Waals surface area contributed by atoms with Crippen LogP contribution in [0.1, 0.15) is 54.0 Å². The Kier molecular flexibility index (Phi) is 10.5. The zero-order valence-electron chi connectivity index (χ0n) is 21.5. The summed E-state index contributed by atoms with van der Waals surface area (Å²) in [5.74, 6) is -0.739. The molecule has 0 saturated carbocycles. The minimum Gasteiger partial charge on any atom is -0.379 e. The predicted molar refractivity (Wildman–Crippen MR) is 132 cm³/mol. The Morgan fingerprint density at radius 3 is 2.09 bits per heavy atom. The largest absolute Gasteiger partial charge is 0.379 e. The summed E-state index contributed by atoms with van der Waals surface area (Å²) in [6, 6.07) is 7.43. The SMILES string of the molecule is COC(C)C(NC(=O)C(N)C(C)(C)c1ccccc1)C(=O)N(C)C(/C=C(\C)C(C)=O)C(C)C. The van der Waals surface area contributed by atoms with E-state index in [0.717, 1.165) is 5.56 Å². The first kappa shape index (κ1) is 28.5. The summed E-state index contributed by atoms with van der Waals surface area (Å²) >= 11 is 0. The zero-order chi connectivity index (χ0) is 25.5. The monoisotopic (exact) mass is 459 g/mol. The molecule has 3 N–H and O–H groups in total. The Hall–Kier alpha value is -2.51. The fourth-order valence-corrected chi connectivity index (χ4v) is 3.63. The van der Waals surface area contributed by atoms with E-state index < -0.39 is 29.5 Å². The molecule has 0 bridgehead atoms. The van der Waals surface area contributed by atoms with Gasteiger partial charge in [0.2, 0.25) is 11.8 Å². The Balaban J connectivity index is 3.18. The number of nitrogens with zero attached hydrogens (tertiary/aromatic N) is 1. The van der Waals surface area contributed by atoms with Gasteiger partial charge in [0.25, 0.3) is 0 Å². The van der Waals surface area contributed by atoms with Crippen molar-refractivity contribution in [1.82, 2.24) is 10.2 Å². The maximum Gasteiger partial charge on any atom is 0.248 e. The standard InChI is InChI=1S/C26H41N3O4/c1-16(2)21(15-17(3)18(4)30)29(8)25(32)22(19(5)33-9)28-24(31)23(27)26(6,7)20-13-11-10-12-14-20/h10-16,19,21-23H,27H2,1-9H3,(H,28,31)/b17-15+. The quantitative estimate of drug-likeness (QED) is 0.496. The predicted octanol–water partition coefficient (Wildman–Crippen LogP) is 2.83. The van der Waals surface area contributed by atoms with Crippen LogP contribution in [0, 0.1) is 5.92 Å². The molecule has 0 spiro atoms. The number of Topliss-reactive ketones (excluding diaryl/α,β-unsaturated/α-hetero) is 1. The molecule has 0 heterocycles. The van der Waals surface area contributed by atoms with Crippen LogP contribution in [0.3, 0.4) is 0 Å². The molecule has 1 rings (SSSR count). The van der Waals surface area contributed by atoms with Gasteiger partial charge >= 0.3 is 0 Å². The number of amides is 2. The Morgan fingerprint density at radius 2 is 1.64 bits per heavy atom. The number of ether oxygens (including phenoxy) is 1. The highest BCUT2D eigenvalue weighted by atomic mass is 16.5. The van der Waals surface area contributed by atoms with Crippen molar-refractivity contribution in [2.75, 3.05) is 14.2 Å². The van der Waals surface area contributed by atoms with Gasteiger partial charge in [-0.1, -0.05) is 64.1 Å². The number of hydrogen-bond acceptors (Lipinski definition) is 5. The van der Waals surface area contributed by atoms with Crippen LogP contribution in [0.15, 0.2) is 42.0 Å². The van der Waals surface area contributed by atoms with Gasteiger partial charge in [-0.05, 0) is 37.8 Å². The van der Waals surface area contributed by atoms with Crippen LogP contribution < -0.4 is 11.1 Å². The number of ketones is 1. The number of carbonyl (C=O) groups is 3. The van der Waals surface area contributed by atoms with E-state index in [0.29, 0.717) is 5.57 Å². The Bertz CT molecular complexity index is 848. The van der Waals surface area contributed by atoms with Gasteiger partial charge in [0, 0.05) is 19.6 Å². The number of rotatable bonds is 11. The van der Waals surface area contributed by atoms with Crippen LogP contribution in [-0.2, 0) is 24.5 Å². The molecule has 1 aromatic carbocycles. The summed E-state index contributed by atoms with van der Waals surface area (Å²) < 4.78 is 5.42. The number of allylic oxidation sites excluding steroid dienone is 1. The molecule has 4 unspecified atom stereocenters. The third kappa shape index (κ3) is 7.24. The summed E-state index contributed by atoms with van der Waals surface area (Å²) in [5, 5.41) is 2.83. The molecule has 7 nitrogen and oxygen atoms in total. The van der Waals surface area contributed by atoms with Crippen molar-refractivity contribution in [2.45, 2.75) is 78.1 Å². The second-order valence-electron chi connectivity index (χ2n) is 9.58. The third-order valence-electron chi connectivity index (χ3n) is 6.44. The van der Waals surface area contributed by atoms with Gasteiger partial charge in [-0.2, -0.15) is 0 Å². The number of carbonyl (C=O) groups excluding carboxylic acids is 3. The normalized spacial score (nSPS) is 16.0. The Labute approximate surface area is 198 Å². The second kappa shape index (κ2) is 12.1. The van der Waals surface area contributed by atoms with Gasteiger partial charge in [0.05, 0.1) is 18.2 Å². The lowest BCUT2D eigenvalue weighted by atomic mass is 9.77. The number of nitrogens with one attached hydrogen (secondary N) is 1. The van der Waals surface area contributed by atoms with Gasteiger partial charge in [0.15, 0.2) is 5.78 Å². The highest BCUT2D eigenvalue weighted by Gasteiger charge is 2.38. The van der Waals surface area contributed by atoms with Crippen molar-refractivity contribution in [3.05, 3.63) is 47.5 Å². The van der Waals surface area contributed by atoms with Crippen LogP contribution in [0.25, 0.3) is 0 Å². The minimum absolute atomic E-state index is 0.0503. The molecular weight excluding hydrogens is 418 g/mol. The lowest BCUT2D eigenvalue weighted by Gasteiger charge is -2.36.